The SMILES string of the molecule is Cc1ccc(OCc2ccc(COc3ccccc3)cc2)cc1. The number of para-hydroxylation sites is 1. The van der Waals surface area contributed by atoms with Gasteiger partial charge in [-0.1, -0.05) is 60.2 Å². The summed E-state index contributed by atoms with van der Waals surface area (Å²) in [7, 11) is 0. The molecule has 0 saturated heterocycles. The summed E-state index contributed by atoms with van der Waals surface area (Å²) in [5, 5.41) is 0. The van der Waals surface area contributed by atoms with Crippen LogP contribution in [0.2, 0.25) is 0 Å². The molecule has 2 heteroatoms. The summed E-state index contributed by atoms with van der Waals surface area (Å²) in [4.78, 5) is 0. The van der Waals surface area contributed by atoms with E-state index in [1.165, 1.54) is 5.56 Å². The van der Waals surface area contributed by atoms with Crippen LogP contribution < -0.4 is 9.47 Å². The third-order valence-corrected chi connectivity index (χ3v) is 3.60. The van der Waals surface area contributed by atoms with Crippen molar-refractivity contribution in [3.63, 3.8) is 0 Å². The number of ether oxygens (including phenoxy) is 2. The second-order valence-corrected chi connectivity index (χ2v) is 5.52. The highest BCUT2D eigenvalue weighted by Gasteiger charge is 1.99. The van der Waals surface area contributed by atoms with Crippen LogP contribution in [0.5, 0.6) is 11.5 Å². The molecule has 0 unspecified atom stereocenters. The van der Waals surface area contributed by atoms with Crippen molar-refractivity contribution in [3.05, 3.63) is 95.6 Å². The molecule has 2 nitrogen and oxygen atoms in total. The van der Waals surface area contributed by atoms with Crippen molar-refractivity contribution in [1.82, 2.24) is 0 Å². The highest BCUT2D eigenvalue weighted by Crippen LogP contribution is 2.15. The molecule has 3 aromatic carbocycles. The molecule has 0 radical (unpaired) electrons. The molecule has 0 saturated carbocycles. The summed E-state index contributed by atoms with van der Waals surface area (Å²) < 4.78 is 11.5. The van der Waals surface area contributed by atoms with Crippen molar-refractivity contribution in [1.29, 1.82) is 0 Å². The molecule has 0 amide bonds. The first-order chi connectivity index (χ1) is 11.3. The van der Waals surface area contributed by atoms with Gasteiger partial charge in [0.25, 0.3) is 0 Å². The summed E-state index contributed by atoms with van der Waals surface area (Å²) in [5.74, 6) is 1.78. The molecular formula is C21H20O2. The smallest absolute Gasteiger partial charge is 0.119 e. The molecular weight excluding hydrogens is 284 g/mol. The second-order valence-electron chi connectivity index (χ2n) is 5.52. The molecule has 0 heterocycles. The van der Waals surface area contributed by atoms with Gasteiger partial charge < -0.3 is 9.47 Å². The summed E-state index contributed by atoms with van der Waals surface area (Å²) in [6.45, 7) is 3.21. The highest BCUT2D eigenvalue weighted by atomic mass is 16.5. The Kier molecular flexibility index (Phi) is 4.95. The van der Waals surface area contributed by atoms with E-state index in [1.54, 1.807) is 0 Å². The topological polar surface area (TPSA) is 18.5 Å². The zero-order valence-electron chi connectivity index (χ0n) is 13.2. The van der Waals surface area contributed by atoms with Crippen molar-refractivity contribution in [2.24, 2.45) is 0 Å². The zero-order valence-corrected chi connectivity index (χ0v) is 13.2. The largest absolute Gasteiger partial charge is 0.489 e. The van der Waals surface area contributed by atoms with Gasteiger partial charge in [-0.25, -0.2) is 0 Å². The van der Waals surface area contributed by atoms with Gasteiger partial charge in [-0.05, 0) is 42.3 Å². The molecule has 0 spiro atoms. The second kappa shape index (κ2) is 7.50. The molecule has 0 bridgehead atoms. The van der Waals surface area contributed by atoms with E-state index < -0.39 is 0 Å². The van der Waals surface area contributed by atoms with Gasteiger partial charge in [0.2, 0.25) is 0 Å². The van der Waals surface area contributed by atoms with Crippen molar-refractivity contribution in [2.75, 3.05) is 0 Å². The monoisotopic (exact) mass is 304 g/mol. The fraction of sp³-hybridized carbons (Fsp3) is 0.143. The van der Waals surface area contributed by atoms with Crippen LogP contribution in [0.25, 0.3) is 0 Å². The lowest BCUT2D eigenvalue weighted by molar-refractivity contribution is 0.302. The fourth-order valence-electron chi connectivity index (χ4n) is 2.22. The number of hydrogen-bond acceptors (Lipinski definition) is 2. The Balaban J connectivity index is 1.51. The highest BCUT2D eigenvalue weighted by molar-refractivity contribution is 5.28. The van der Waals surface area contributed by atoms with Gasteiger partial charge in [-0.15, -0.1) is 0 Å². The first-order valence-corrected chi connectivity index (χ1v) is 7.75. The van der Waals surface area contributed by atoms with Crippen molar-refractivity contribution in [2.45, 2.75) is 20.1 Å². The minimum absolute atomic E-state index is 0.572. The quantitative estimate of drug-likeness (QED) is 0.627. The maximum Gasteiger partial charge on any atom is 0.119 e. The van der Waals surface area contributed by atoms with Gasteiger partial charge in [0.05, 0.1) is 0 Å². The standard InChI is InChI=1S/C21H20O2/c1-17-7-13-21(14-8-17)23-16-19-11-9-18(10-12-19)15-22-20-5-3-2-4-6-20/h2-14H,15-16H2,1H3. The average Bonchev–Trinajstić information content (AvgIpc) is 2.61. The summed E-state index contributed by atoms with van der Waals surface area (Å²) in [6, 6.07) is 26.3. The molecule has 0 N–H and O–H groups in total. The van der Waals surface area contributed by atoms with Crippen molar-refractivity contribution < 1.29 is 9.47 Å². The van der Waals surface area contributed by atoms with Crippen LogP contribution in [0.4, 0.5) is 0 Å². The molecule has 0 aromatic heterocycles. The molecule has 0 atom stereocenters. The average molecular weight is 304 g/mol. The molecule has 23 heavy (non-hydrogen) atoms. The number of hydrogen-bond donors (Lipinski definition) is 0. The lowest BCUT2D eigenvalue weighted by Gasteiger charge is -2.09. The van der Waals surface area contributed by atoms with Gasteiger partial charge in [0.15, 0.2) is 0 Å². The molecule has 116 valence electrons. The van der Waals surface area contributed by atoms with Crippen LogP contribution in [-0.2, 0) is 13.2 Å². The maximum atomic E-state index is 5.78. The third kappa shape index (κ3) is 4.62. The van der Waals surface area contributed by atoms with Crippen LogP contribution in [-0.4, -0.2) is 0 Å². The molecule has 3 rings (SSSR count). The Morgan fingerprint density at radius 1 is 0.565 bits per heavy atom. The van der Waals surface area contributed by atoms with E-state index in [2.05, 4.69) is 43.3 Å². The molecule has 0 aliphatic heterocycles. The van der Waals surface area contributed by atoms with Crippen molar-refractivity contribution in [3.8, 4) is 11.5 Å². The van der Waals surface area contributed by atoms with Gasteiger partial charge in [0.1, 0.15) is 24.7 Å². The molecule has 3 aromatic rings. The van der Waals surface area contributed by atoms with Crippen LogP contribution in [0, 0.1) is 6.92 Å². The van der Waals surface area contributed by atoms with Gasteiger partial charge >= 0.3 is 0 Å². The Labute approximate surface area is 137 Å². The van der Waals surface area contributed by atoms with E-state index in [9.17, 15) is 0 Å². The van der Waals surface area contributed by atoms with E-state index in [0.717, 1.165) is 22.6 Å². The third-order valence-electron chi connectivity index (χ3n) is 3.60. The number of benzene rings is 3. The number of rotatable bonds is 6. The van der Waals surface area contributed by atoms with E-state index in [0.29, 0.717) is 13.2 Å². The van der Waals surface area contributed by atoms with Crippen LogP contribution in [0.1, 0.15) is 16.7 Å². The van der Waals surface area contributed by atoms with E-state index in [1.807, 2.05) is 42.5 Å². The first-order valence-electron chi connectivity index (χ1n) is 7.75. The lowest BCUT2D eigenvalue weighted by atomic mass is 10.1. The van der Waals surface area contributed by atoms with Gasteiger partial charge in [-0.3, -0.25) is 0 Å². The Hall–Kier alpha value is -2.74. The van der Waals surface area contributed by atoms with Crippen LogP contribution in [0.3, 0.4) is 0 Å². The summed E-state index contributed by atoms with van der Waals surface area (Å²) in [5.41, 5.74) is 3.53. The van der Waals surface area contributed by atoms with Gasteiger partial charge in [0, 0.05) is 0 Å². The summed E-state index contributed by atoms with van der Waals surface area (Å²) >= 11 is 0. The number of aryl methyl sites for hydroxylation is 1. The van der Waals surface area contributed by atoms with Gasteiger partial charge in [-0.2, -0.15) is 0 Å². The normalized spacial score (nSPS) is 10.3. The van der Waals surface area contributed by atoms with Crippen molar-refractivity contribution >= 4 is 0 Å². The van der Waals surface area contributed by atoms with Crippen LogP contribution in [0.15, 0.2) is 78.9 Å². The maximum absolute atomic E-state index is 5.78. The Bertz CT molecular complexity index is 716. The van der Waals surface area contributed by atoms with Crippen LogP contribution >= 0.6 is 0 Å². The predicted octanol–water partition coefficient (Wildman–Crippen LogP) is 5.15. The molecule has 0 aliphatic carbocycles. The Morgan fingerprint density at radius 2 is 1.04 bits per heavy atom. The Morgan fingerprint density at radius 3 is 1.57 bits per heavy atom. The zero-order chi connectivity index (χ0) is 15.9. The minimum Gasteiger partial charge on any atom is -0.489 e. The minimum atomic E-state index is 0.572. The van der Waals surface area contributed by atoms with E-state index in [4.69, 9.17) is 9.47 Å². The van der Waals surface area contributed by atoms with E-state index in [-0.39, 0.29) is 0 Å². The lowest BCUT2D eigenvalue weighted by Crippen LogP contribution is -1.98. The fourth-order valence-corrected chi connectivity index (χ4v) is 2.22. The van der Waals surface area contributed by atoms with E-state index >= 15 is 0 Å². The predicted molar refractivity (Wildman–Crippen MR) is 92.7 cm³/mol. The summed E-state index contributed by atoms with van der Waals surface area (Å²) in [6.07, 6.45) is 0. The first kappa shape index (κ1) is 15.2. The molecule has 0 aliphatic rings. The molecule has 0 fully saturated rings.